The molecule has 28 heavy (non-hydrogen) atoms. The highest BCUT2D eigenvalue weighted by Gasteiger charge is 2.15. The van der Waals surface area contributed by atoms with Gasteiger partial charge in [-0.15, -0.1) is 0 Å². The SMILES string of the molecule is COC(=O)c1ccccc1NC(=O)c1ccnc(Nc2ccc(F)c(F)c2)n1. The van der Waals surface area contributed by atoms with Crippen LogP contribution >= 0.6 is 0 Å². The van der Waals surface area contributed by atoms with Crippen molar-refractivity contribution in [1.82, 2.24) is 9.97 Å². The molecule has 0 saturated carbocycles. The topological polar surface area (TPSA) is 93.2 Å². The molecule has 2 N–H and O–H groups in total. The third-order valence-electron chi connectivity index (χ3n) is 3.64. The molecule has 9 heteroatoms. The maximum atomic E-state index is 13.3. The molecule has 3 aromatic rings. The maximum Gasteiger partial charge on any atom is 0.339 e. The van der Waals surface area contributed by atoms with Crippen molar-refractivity contribution in [2.24, 2.45) is 0 Å². The molecule has 0 aliphatic rings. The average Bonchev–Trinajstić information content (AvgIpc) is 2.71. The number of para-hydroxylation sites is 1. The second-order valence-corrected chi connectivity index (χ2v) is 5.51. The van der Waals surface area contributed by atoms with Crippen molar-refractivity contribution in [3.05, 3.63) is 77.6 Å². The zero-order valence-corrected chi connectivity index (χ0v) is 14.6. The van der Waals surface area contributed by atoms with Gasteiger partial charge in [-0.1, -0.05) is 12.1 Å². The number of methoxy groups -OCH3 is 1. The van der Waals surface area contributed by atoms with Crippen LogP contribution in [0.5, 0.6) is 0 Å². The van der Waals surface area contributed by atoms with Crippen molar-refractivity contribution >= 4 is 29.2 Å². The average molecular weight is 384 g/mol. The number of aromatic nitrogens is 2. The first-order chi connectivity index (χ1) is 13.5. The minimum Gasteiger partial charge on any atom is -0.465 e. The summed E-state index contributed by atoms with van der Waals surface area (Å²) in [4.78, 5) is 32.3. The van der Waals surface area contributed by atoms with E-state index in [9.17, 15) is 18.4 Å². The number of anilines is 3. The van der Waals surface area contributed by atoms with Crippen LogP contribution in [0.15, 0.2) is 54.7 Å². The molecule has 0 unspecified atom stereocenters. The van der Waals surface area contributed by atoms with Crippen LogP contribution in [0, 0.1) is 11.6 Å². The van der Waals surface area contributed by atoms with Crippen LogP contribution in [0.25, 0.3) is 0 Å². The number of hydrogen-bond donors (Lipinski definition) is 2. The predicted molar refractivity (Wildman–Crippen MR) is 97.4 cm³/mol. The van der Waals surface area contributed by atoms with Gasteiger partial charge in [-0.25, -0.2) is 23.5 Å². The Bertz CT molecular complexity index is 1040. The van der Waals surface area contributed by atoms with Gasteiger partial charge in [-0.05, 0) is 30.3 Å². The van der Waals surface area contributed by atoms with Crippen LogP contribution in [-0.4, -0.2) is 29.0 Å². The number of nitrogens with zero attached hydrogens (tertiary/aromatic N) is 2. The monoisotopic (exact) mass is 384 g/mol. The lowest BCUT2D eigenvalue weighted by Crippen LogP contribution is -2.17. The smallest absolute Gasteiger partial charge is 0.339 e. The Morgan fingerprint density at radius 3 is 2.57 bits per heavy atom. The molecule has 142 valence electrons. The summed E-state index contributed by atoms with van der Waals surface area (Å²) in [6.45, 7) is 0. The van der Waals surface area contributed by atoms with Crippen LogP contribution in [0.1, 0.15) is 20.8 Å². The summed E-state index contributed by atoms with van der Waals surface area (Å²) in [6.07, 6.45) is 1.33. The molecule has 0 fully saturated rings. The molecule has 1 amide bonds. The van der Waals surface area contributed by atoms with Gasteiger partial charge in [0.1, 0.15) is 5.69 Å². The Morgan fingerprint density at radius 1 is 1.04 bits per heavy atom. The Hall–Kier alpha value is -3.88. The lowest BCUT2D eigenvalue weighted by Gasteiger charge is -2.10. The summed E-state index contributed by atoms with van der Waals surface area (Å²) < 4.78 is 31.0. The van der Waals surface area contributed by atoms with Crippen LogP contribution in [0.3, 0.4) is 0 Å². The summed E-state index contributed by atoms with van der Waals surface area (Å²) in [5, 5.41) is 5.27. The van der Waals surface area contributed by atoms with Gasteiger partial charge in [0.2, 0.25) is 5.95 Å². The Labute approximate surface area is 158 Å². The number of nitrogens with one attached hydrogen (secondary N) is 2. The van der Waals surface area contributed by atoms with Crippen LogP contribution < -0.4 is 10.6 Å². The van der Waals surface area contributed by atoms with Crippen molar-refractivity contribution in [1.29, 1.82) is 0 Å². The van der Waals surface area contributed by atoms with Gasteiger partial charge in [-0.3, -0.25) is 4.79 Å². The van der Waals surface area contributed by atoms with Crippen molar-refractivity contribution in [2.75, 3.05) is 17.7 Å². The molecule has 1 heterocycles. The van der Waals surface area contributed by atoms with E-state index in [4.69, 9.17) is 0 Å². The normalized spacial score (nSPS) is 10.2. The molecule has 1 aromatic heterocycles. The molecule has 3 rings (SSSR count). The molecule has 0 aliphatic carbocycles. The number of amides is 1. The molecule has 0 aliphatic heterocycles. The first-order valence-electron chi connectivity index (χ1n) is 8.01. The molecule has 2 aromatic carbocycles. The summed E-state index contributed by atoms with van der Waals surface area (Å²) in [5.41, 5.74) is 0.660. The number of benzene rings is 2. The van der Waals surface area contributed by atoms with Crippen LogP contribution in [0.2, 0.25) is 0 Å². The van der Waals surface area contributed by atoms with Gasteiger partial charge in [0.05, 0.1) is 18.4 Å². The fraction of sp³-hybridized carbons (Fsp3) is 0.0526. The van der Waals surface area contributed by atoms with Gasteiger partial charge >= 0.3 is 5.97 Å². The minimum atomic E-state index is -1.03. The predicted octanol–water partition coefficient (Wildman–Crippen LogP) is 3.54. The first-order valence-corrected chi connectivity index (χ1v) is 8.01. The zero-order chi connectivity index (χ0) is 20.1. The molecule has 7 nitrogen and oxygen atoms in total. The number of carbonyl (C=O) groups is 2. The standard InChI is InChI=1S/C19H14F2N4O3/c1-28-18(27)12-4-2-3-5-15(12)24-17(26)16-8-9-22-19(25-16)23-11-6-7-13(20)14(21)10-11/h2-10H,1H3,(H,24,26)(H,22,23,25). The second kappa shape index (κ2) is 8.21. The molecule has 0 radical (unpaired) electrons. The summed E-state index contributed by atoms with van der Waals surface area (Å²) in [6, 6.07) is 10.9. The van der Waals surface area contributed by atoms with Gasteiger partial charge in [-0.2, -0.15) is 0 Å². The van der Waals surface area contributed by atoms with Crippen molar-refractivity contribution in [2.45, 2.75) is 0 Å². The molecule has 0 saturated heterocycles. The maximum absolute atomic E-state index is 13.3. The Kier molecular flexibility index (Phi) is 5.54. The molecular weight excluding hydrogens is 370 g/mol. The third kappa shape index (κ3) is 4.26. The van der Waals surface area contributed by atoms with Crippen molar-refractivity contribution in [3.63, 3.8) is 0 Å². The summed E-state index contributed by atoms with van der Waals surface area (Å²) in [7, 11) is 1.24. The quantitative estimate of drug-likeness (QED) is 0.654. The third-order valence-corrected chi connectivity index (χ3v) is 3.64. The highest BCUT2D eigenvalue weighted by molar-refractivity contribution is 6.07. The number of hydrogen-bond acceptors (Lipinski definition) is 6. The number of esters is 1. The Balaban J connectivity index is 1.79. The van der Waals surface area contributed by atoms with Gasteiger partial charge < -0.3 is 15.4 Å². The molecule has 0 bridgehead atoms. The van der Waals surface area contributed by atoms with Crippen molar-refractivity contribution in [3.8, 4) is 0 Å². The zero-order valence-electron chi connectivity index (χ0n) is 14.6. The summed E-state index contributed by atoms with van der Waals surface area (Å²) in [5.74, 6) is -3.19. The van der Waals surface area contributed by atoms with E-state index < -0.39 is 23.5 Å². The highest BCUT2D eigenvalue weighted by Crippen LogP contribution is 2.19. The lowest BCUT2D eigenvalue weighted by molar-refractivity contribution is 0.0602. The molecule has 0 atom stereocenters. The Morgan fingerprint density at radius 2 is 1.82 bits per heavy atom. The van der Waals surface area contributed by atoms with Gasteiger partial charge in [0.25, 0.3) is 5.91 Å². The largest absolute Gasteiger partial charge is 0.465 e. The van der Waals surface area contributed by atoms with E-state index >= 15 is 0 Å². The van der Waals surface area contributed by atoms with E-state index in [1.807, 2.05) is 0 Å². The molecular formula is C19H14F2N4O3. The van der Waals surface area contributed by atoms with E-state index in [2.05, 4.69) is 25.3 Å². The second-order valence-electron chi connectivity index (χ2n) is 5.51. The van der Waals surface area contributed by atoms with E-state index in [1.165, 1.54) is 31.5 Å². The number of carbonyl (C=O) groups excluding carboxylic acids is 2. The summed E-state index contributed by atoms with van der Waals surface area (Å²) >= 11 is 0. The van der Waals surface area contributed by atoms with E-state index in [0.717, 1.165) is 12.1 Å². The van der Waals surface area contributed by atoms with Gasteiger partial charge in [0.15, 0.2) is 11.6 Å². The van der Waals surface area contributed by atoms with E-state index in [0.29, 0.717) is 0 Å². The van der Waals surface area contributed by atoms with Gasteiger partial charge in [0, 0.05) is 18.0 Å². The fourth-order valence-corrected chi connectivity index (χ4v) is 2.31. The fourth-order valence-electron chi connectivity index (χ4n) is 2.31. The van der Waals surface area contributed by atoms with Crippen LogP contribution in [0.4, 0.5) is 26.1 Å². The minimum absolute atomic E-state index is 0.000229. The van der Waals surface area contributed by atoms with Crippen LogP contribution in [-0.2, 0) is 4.74 Å². The highest BCUT2D eigenvalue weighted by atomic mass is 19.2. The number of ether oxygens (including phenoxy) is 1. The van der Waals surface area contributed by atoms with Crippen molar-refractivity contribution < 1.29 is 23.1 Å². The molecule has 0 spiro atoms. The number of rotatable bonds is 5. The van der Waals surface area contributed by atoms with E-state index in [1.54, 1.807) is 18.2 Å². The lowest BCUT2D eigenvalue weighted by atomic mass is 10.1. The first kappa shape index (κ1) is 18.9. The number of halogens is 2. The van der Waals surface area contributed by atoms with E-state index in [-0.39, 0.29) is 28.6 Å².